The van der Waals surface area contributed by atoms with Gasteiger partial charge >= 0.3 is 5.97 Å². The summed E-state index contributed by atoms with van der Waals surface area (Å²) in [5, 5.41) is 9.24. The molecule has 1 atom stereocenters. The van der Waals surface area contributed by atoms with E-state index in [0.717, 1.165) is 4.90 Å². The number of carboxylic acids is 1. The van der Waals surface area contributed by atoms with Crippen LogP contribution in [-0.4, -0.2) is 16.3 Å². The molecule has 4 heteroatoms. The average Bonchev–Trinajstić information content (AvgIpc) is 2.17. The summed E-state index contributed by atoms with van der Waals surface area (Å²) in [5.41, 5.74) is 6.12. The van der Waals surface area contributed by atoms with Crippen molar-refractivity contribution in [2.45, 2.75) is 30.0 Å². The summed E-state index contributed by atoms with van der Waals surface area (Å²) < 4.78 is 0. The molecule has 82 valence electrons. The highest BCUT2D eigenvalue weighted by molar-refractivity contribution is 7.99. The third-order valence-electron chi connectivity index (χ3n) is 1.88. The van der Waals surface area contributed by atoms with E-state index in [1.54, 1.807) is 23.9 Å². The number of thioether (sulfide) groups is 1. The van der Waals surface area contributed by atoms with Crippen molar-refractivity contribution in [3.05, 3.63) is 29.8 Å². The Bertz CT molecular complexity index is 335. The Morgan fingerprint density at radius 1 is 1.33 bits per heavy atom. The Labute approximate surface area is 93.7 Å². The summed E-state index contributed by atoms with van der Waals surface area (Å²) in [6, 6.07) is 6.42. The number of benzene rings is 1. The molecule has 0 aromatic heterocycles. The average molecular weight is 225 g/mol. The van der Waals surface area contributed by atoms with Gasteiger partial charge in [-0.15, -0.1) is 11.8 Å². The molecule has 0 unspecified atom stereocenters. The van der Waals surface area contributed by atoms with Gasteiger partial charge in [0.1, 0.15) is 6.04 Å². The van der Waals surface area contributed by atoms with Crippen LogP contribution >= 0.6 is 11.8 Å². The lowest BCUT2D eigenvalue weighted by molar-refractivity contribution is -0.138. The molecule has 0 amide bonds. The lowest BCUT2D eigenvalue weighted by Gasteiger charge is -2.08. The maximum atomic E-state index is 10.6. The van der Waals surface area contributed by atoms with Crippen molar-refractivity contribution in [2.24, 2.45) is 5.73 Å². The highest BCUT2D eigenvalue weighted by Gasteiger charge is 2.13. The lowest BCUT2D eigenvalue weighted by atomic mass is 10.1. The van der Waals surface area contributed by atoms with Crippen molar-refractivity contribution >= 4 is 17.7 Å². The predicted molar refractivity (Wildman–Crippen MR) is 62.0 cm³/mol. The highest BCUT2D eigenvalue weighted by atomic mass is 32.2. The molecular weight excluding hydrogens is 210 g/mol. The van der Waals surface area contributed by atoms with Crippen molar-refractivity contribution in [2.75, 3.05) is 0 Å². The number of nitrogens with two attached hydrogens (primary N) is 1. The van der Waals surface area contributed by atoms with Crippen LogP contribution in [0.3, 0.4) is 0 Å². The fourth-order valence-corrected chi connectivity index (χ4v) is 2.01. The van der Waals surface area contributed by atoms with Gasteiger partial charge in [-0.05, 0) is 17.7 Å². The summed E-state index contributed by atoms with van der Waals surface area (Å²) >= 11 is 1.74. The zero-order valence-electron chi connectivity index (χ0n) is 8.81. The summed E-state index contributed by atoms with van der Waals surface area (Å²) in [5.74, 6) is -1.00. The number of carboxylic acid groups (broad SMARTS) is 1. The number of aliphatic carboxylic acids is 1. The zero-order chi connectivity index (χ0) is 11.4. The molecule has 0 aliphatic carbocycles. The van der Waals surface area contributed by atoms with E-state index in [9.17, 15) is 4.79 Å². The van der Waals surface area contributed by atoms with Crippen LogP contribution in [-0.2, 0) is 4.79 Å². The Balaban J connectivity index is 2.76. The third kappa shape index (κ3) is 3.57. The van der Waals surface area contributed by atoms with Gasteiger partial charge in [0, 0.05) is 10.1 Å². The molecule has 0 aliphatic heterocycles. The normalized spacial score (nSPS) is 12.8. The molecule has 1 aromatic rings. The van der Waals surface area contributed by atoms with Crippen LogP contribution in [0.4, 0.5) is 0 Å². The smallest absolute Gasteiger partial charge is 0.325 e. The van der Waals surface area contributed by atoms with Gasteiger partial charge in [0.05, 0.1) is 0 Å². The molecule has 1 aromatic carbocycles. The lowest BCUT2D eigenvalue weighted by Crippen LogP contribution is -2.20. The number of hydrogen-bond donors (Lipinski definition) is 2. The maximum Gasteiger partial charge on any atom is 0.325 e. The predicted octanol–water partition coefficient (Wildman–Crippen LogP) is 2.27. The molecular formula is C11H15NO2S. The Morgan fingerprint density at radius 2 is 1.87 bits per heavy atom. The minimum Gasteiger partial charge on any atom is -0.480 e. The molecule has 3 N–H and O–H groups in total. The summed E-state index contributed by atoms with van der Waals surface area (Å²) in [6.07, 6.45) is 0. The zero-order valence-corrected chi connectivity index (χ0v) is 9.62. The van der Waals surface area contributed by atoms with Gasteiger partial charge in [0.25, 0.3) is 0 Å². The van der Waals surface area contributed by atoms with Gasteiger partial charge in [0.15, 0.2) is 0 Å². The largest absolute Gasteiger partial charge is 0.480 e. The van der Waals surface area contributed by atoms with Crippen LogP contribution in [0.1, 0.15) is 25.5 Å². The fourth-order valence-electron chi connectivity index (χ4n) is 1.17. The SMILES string of the molecule is CC(C)Sc1ccc([C@H](N)C(=O)O)cc1. The Morgan fingerprint density at radius 3 is 2.27 bits per heavy atom. The molecule has 0 saturated heterocycles. The Kier molecular flexibility index (Phi) is 4.17. The second-order valence-electron chi connectivity index (χ2n) is 3.55. The quantitative estimate of drug-likeness (QED) is 0.772. The van der Waals surface area contributed by atoms with Gasteiger partial charge in [0.2, 0.25) is 0 Å². The van der Waals surface area contributed by atoms with Crippen LogP contribution in [0.25, 0.3) is 0 Å². The number of carbonyl (C=O) groups is 1. The van der Waals surface area contributed by atoms with Gasteiger partial charge in [-0.25, -0.2) is 0 Å². The van der Waals surface area contributed by atoms with Crippen molar-refractivity contribution < 1.29 is 9.90 Å². The van der Waals surface area contributed by atoms with Gasteiger partial charge in [-0.1, -0.05) is 26.0 Å². The van der Waals surface area contributed by atoms with Crippen molar-refractivity contribution in [3.8, 4) is 0 Å². The molecule has 0 fully saturated rings. The maximum absolute atomic E-state index is 10.6. The van der Waals surface area contributed by atoms with E-state index < -0.39 is 12.0 Å². The second-order valence-corrected chi connectivity index (χ2v) is 5.20. The number of hydrogen-bond acceptors (Lipinski definition) is 3. The van der Waals surface area contributed by atoms with E-state index in [1.807, 2.05) is 12.1 Å². The summed E-state index contributed by atoms with van der Waals surface area (Å²) in [6.45, 7) is 4.23. The van der Waals surface area contributed by atoms with Crippen LogP contribution in [0.15, 0.2) is 29.2 Å². The molecule has 1 rings (SSSR count). The first-order chi connectivity index (χ1) is 7.00. The first kappa shape index (κ1) is 12.1. The van der Waals surface area contributed by atoms with E-state index in [-0.39, 0.29) is 0 Å². The van der Waals surface area contributed by atoms with Crippen molar-refractivity contribution in [3.63, 3.8) is 0 Å². The van der Waals surface area contributed by atoms with E-state index >= 15 is 0 Å². The molecule has 0 heterocycles. The first-order valence-electron chi connectivity index (χ1n) is 4.75. The van der Waals surface area contributed by atoms with E-state index in [4.69, 9.17) is 10.8 Å². The van der Waals surface area contributed by atoms with Crippen LogP contribution < -0.4 is 5.73 Å². The van der Waals surface area contributed by atoms with Gasteiger partial charge in [-0.3, -0.25) is 4.79 Å². The fraction of sp³-hybridized carbons (Fsp3) is 0.364. The topological polar surface area (TPSA) is 63.3 Å². The minimum atomic E-state index is -1.00. The third-order valence-corrected chi connectivity index (χ3v) is 2.89. The highest BCUT2D eigenvalue weighted by Crippen LogP contribution is 2.24. The first-order valence-corrected chi connectivity index (χ1v) is 5.63. The molecule has 0 aliphatic rings. The van der Waals surface area contributed by atoms with E-state index in [1.165, 1.54) is 0 Å². The van der Waals surface area contributed by atoms with Crippen LogP contribution in [0, 0.1) is 0 Å². The monoisotopic (exact) mass is 225 g/mol. The molecule has 15 heavy (non-hydrogen) atoms. The standard InChI is InChI=1S/C11H15NO2S/c1-7(2)15-9-5-3-8(4-6-9)10(12)11(13)14/h3-7,10H,12H2,1-2H3,(H,13,14)/t10-/m0/s1. The summed E-state index contributed by atoms with van der Waals surface area (Å²) in [4.78, 5) is 11.8. The second kappa shape index (κ2) is 5.19. The molecule has 0 radical (unpaired) electrons. The minimum absolute atomic E-state index is 0.518. The molecule has 0 saturated carbocycles. The summed E-state index contributed by atoms with van der Waals surface area (Å²) in [7, 11) is 0. The van der Waals surface area contributed by atoms with Crippen LogP contribution in [0.2, 0.25) is 0 Å². The number of rotatable bonds is 4. The van der Waals surface area contributed by atoms with Crippen molar-refractivity contribution in [1.82, 2.24) is 0 Å². The van der Waals surface area contributed by atoms with Gasteiger partial charge in [-0.2, -0.15) is 0 Å². The van der Waals surface area contributed by atoms with Crippen LogP contribution in [0.5, 0.6) is 0 Å². The van der Waals surface area contributed by atoms with Gasteiger partial charge < -0.3 is 10.8 Å². The van der Waals surface area contributed by atoms with E-state index in [2.05, 4.69) is 13.8 Å². The molecule has 0 spiro atoms. The van der Waals surface area contributed by atoms with Crippen molar-refractivity contribution in [1.29, 1.82) is 0 Å². The molecule has 3 nitrogen and oxygen atoms in total. The van der Waals surface area contributed by atoms with E-state index in [0.29, 0.717) is 10.8 Å². The molecule has 0 bridgehead atoms. The Hall–Kier alpha value is -1.00.